The second-order valence-corrected chi connectivity index (χ2v) is 10.2. The highest BCUT2D eigenvalue weighted by molar-refractivity contribution is 7.89. The number of carbonyl (C=O) groups is 1. The lowest BCUT2D eigenvalue weighted by molar-refractivity contribution is -0.137. The monoisotopic (exact) mass is 471 g/mol. The van der Waals surface area contributed by atoms with E-state index in [4.69, 9.17) is 0 Å². The Labute approximate surface area is 184 Å². The largest absolute Gasteiger partial charge is 0.416 e. The topological polar surface area (TPSA) is 88.4 Å². The van der Waals surface area contributed by atoms with Crippen LogP contribution in [0.5, 0.6) is 0 Å². The summed E-state index contributed by atoms with van der Waals surface area (Å²) in [6, 6.07) is 3.81. The van der Waals surface area contributed by atoms with Crippen molar-refractivity contribution in [2.75, 3.05) is 26.2 Å². The fourth-order valence-corrected chi connectivity index (χ4v) is 5.81. The van der Waals surface area contributed by atoms with Crippen LogP contribution in [0, 0.1) is 5.92 Å². The van der Waals surface area contributed by atoms with Crippen molar-refractivity contribution in [1.82, 2.24) is 24.2 Å². The molecule has 2 saturated heterocycles. The molecule has 32 heavy (non-hydrogen) atoms. The second kappa shape index (κ2) is 8.81. The zero-order valence-electron chi connectivity index (χ0n) is 17.3. The first-order valence-corrected chi connectivity index (χ1v) is 12.0. The summed E-state index contributed by atoms with van der Waals surface area (Å²) in [6.07, 6.45) is 0.214. The van der Waals surface area contributed by atoms with Gasteiger partial charge in [0.2, 0.25) is 10.0 Å². The molecule has 0 aliphatic carbocycles. The van der Waals surface area contributed by atoms with Gasteiger partial charge in [-0.2, -0.15) is 17.5 Å². The number of rotatable bonds is 5. The molecule has 12 heteroatoms. The minimum atomic E-state index is -4.62. The molecule has 3 heterocycles. The van der Waals surface area contributed by atoms with Crippen molar-refractivity contribution < 1.29 is 26.4 Å². The number of benzene rings is 1. The Balaban J connectivity index is 1.44. The maximum Gasteiger partial charge on any atom is 0.416 e. The summed E-state index contributed by atoms with van der Waals surface area (Å²) in [6.45, 7) is 2.18. The first-order valence-electron chi connectivity index (χ1n) is 10.5. The summed E-state index contributed by atoms with van der Waals surface area (Å²) in [5.41, 5.74) is -0.735. The van der Waals surface area contributed by atoms with Crippen molar-refractivity contribution in [2.24, 2.45) is 5.92 Å². The predicted octanol–water partition coefficient (Wildman–Crippen LogP) is 2.63. The van der Waals surface area contributed by atoms with E-state index in [9.17, 15) is 26.4 Å². The lowest BCUT2D eigenvalue weighted by Gasteiger charge is -2.31. The minimum absolute atomic E-state index is 0.0965. The Kier molecular flexibility index (Phi) is 6.26. The Hall–Kier alpha value is -2.47. The van der Waals surface area contributed by atoms with Crippen LogP contribution in [0.3, 0.4) is 0 Å². The molecule has 0 N–H and O–H groups in total. The molecule has 0 spiro atoms. The molecule has 4 rings (SSSR count). The highest BCUT2D eigenvalue weighted by atomic mass is 32.2. The number of amides is 1. The number of piperidine rings is 1. The Morgan fingerprint density at radius 3 is 2.59 bits per heavy atom. The quantitative estimate of drug-likeness (QED) is 0.669. The van der Waals surface area contributed by atoms with Crippen LogP contribution in [0.4, 0.5) is 13.2 Å². The van der Waals surface area contributed by atoms with Gasteiger partial charge in [-0.15, -0.1) is 5.10 Å². The molecule has 2 aliphatic heterocycles. The predicted molar refractivity (Wildman–Crippen MR) is 108 cm³/mol. The summed E-state index contributed by atoms with van der Waals surface area (Å²) in [5.74, 6) is -0.257. The molecule has 1 atom stereocenters. The standard InChI is InChI=1S/C20H24F3N5O3S/c21-20(22,23)16-6-3-7-17(11-16)32(30,31)28-10-4-5-15(13-28)12-27-14-18(24-25-27)19(29)26-8-1-2-9-26/h3,6-7,11,14-15H,1-2,4-5,8-10,12-13H2. The van der Waals surface area contributed by atoms with Crippen LogP contribution < -0.4 is 0 Å². The van der Waals surface area contributed by atoms with E-state index in [1.807, 2.05) is 0 Å². The molecule has 1 amide bonds. The minimum Gasteiger partial charge on any atom is -0.337 e. The summed E-state index contributed by atoms with van der Waals surface area (Å²) >= 11 is 0. The van der Waals surface area contributed by atoms with Crippen LogP contribution in [-0.2, 0) is 22.7 Å². The molecule has 0 radical (unpaired) electrons. The summed E-state index contributed by atoms with van der Waals surface area (Å²) in [7, 11) is -4.06. The lowest BCUT2D eigenvalue weighted by atomic mass is 10.00. The molecule has 1 aromatic carbocycles. The van der Waals surface area contributed by atoms with Gasteiger partial charge in [-0.05, 0) is 49.8 Å². The van der Waals surface area contributed by atoms with Gasteiger partial charge in [-0.25, -0.2) is 8.42 Å². The molecular weight excluding hydrogens is 447 g/mol. The average Bonchev–Trinajstić information content (AvgIpc) is 3.45. The second-order valence-electron chi connectivity index (χ2n) is 8.22. The number of nitrogens with zero attached hydrogens (tertiary/aromatic N) is 5. The van der Waals surface area contributed by atoms with Crippen LogP contribution in [0.2, 0.25) is 0 Å². The van der Waals surface area contributed by atoms with Crippen molar-refractivity contribution in [1.29, 1.82) is 0 Å². The van der Waals surface area contributed by atoms with Gasteiger partial charge in [0.05, 0.1) is 16.7 Å². The number of hydrogen-bond donors (Lipinski definition) is 0. The summed E-state index contributed by atoms with van der Waals surface area (Å²) in [5, 5.41) is 7.97. The number of sulfonamides is 1. The number of halogens is 3. The highest BCUT2D eigenvalue weighted by Gasteiger charge is 2.35. The smallest absolute Gasteiger partial charge is 0.337 e. The Morgan fingerprint density at radius 2 is 1.88 bits per heavy atom. The number of aromatic nitrogens is 3. The van der Waals surface area contributed by atoms with Crippen molar-refractivity contribution in [3.05, 3.63) is 41.7 Å². The van der Waals surface area contributed by atoms with Gasteiger partial charge in [-0.3, -0.25) is 9.48 Å². The number of carbonyl (C=O) groups excluding carboxylic acids is 1. The molecule has 0 saturated carbocycles. The molecule has 1 unspecified atom stereocenters. The van der Waals surface area contributed by atoms with Crippen molar-refractivity contribution in [3.8, 4) is 0 Å². The summed E-state index contributed by atoms with van der Waals surface area (Å²) in [4.78, 5) is 13.8. The van der Waals surface area contributed by atoms with Gasteiger partial charge in [0.25, 0.3) is 5.91 Å². The third-order valence-electron chi connectivity index (χ3n) is 5.88. The fourth-order valence-electron chi connectivity index (χ4n) is 4.21. The van der Waals surface area contributed by atoms with Gasteiger partial charge in [-0.1, -0.05) is 11.3 Å². The van der Waals surface area contributed by atoms with E-state index in [-0.39, 0.29) is 35.5 Å². The van der Waals surface area contributed by atoms with Gasteiger partial charge in [0.15, 0.2) is 5.69 Å². The zero-order valence-corrected chi connectivity index (χ0v) is 18.1. The SMILES string of the molecule is O=C(c1cn(CC2CCCN(S(=O)(=O)c3cccc(C(F)(F)F)c3)C2)nn1)N1CCCC1. The third kappa shape index (κ3) is 4.80. The normalized spacial score (nSPS) is 20.6. The Morgan fingerprint density at radius 1 is 1.12 bits per heavy atom. The van der Waals surface area contributed by atoms with E-state index in [0.717, 1.165) is 31.4 Å². The highest BCUT2D eigenvalue weighted by Crippen LogP contribution is 2.32. The maximum atomic E-state index is 13.0. The van der Waals surface area contributed by atoms with Gasteiger partial charge in [0, 0.05) is 32.7 Å². The molecule has 0 bridgehead atoms. The van der Waals surface area contributed by atoms with Crippen LogP contribution in [0.15, 0.2) is 35.4 Å². The molecule has 8 nitrogen and oxygen atoms in total. The van der Waals surface area contributed by atoms with Crippen molar-refractivity contribution in [2.45, 2.75) is 43.3 Å². The Bertz CT molecular complexity index is 1080. The van der Waals surface area contributed by atoms with E-state index >= 15 is 0 Å². The number of alkyl halides is 3. The molecule has 2 aliphatic rings. The average molecular weight is 472 g/mol. The van der Waals surface area contributed by atoms with E-state index in [1.165, 1.54) is 15.1 Å². The molecule has 1 aromatic heterocycles. The van der Waals surface area contributed by atoms with Crippen LogP contribution in [-0.4, -0.2) is 64.7 Å². The number of hydrogen-bond acceptors (Lipinski definition) is 5. The molecule has 2 aromatic rings. The zero-order chi connectivity index (χ0) is 22.9. The van der Waals surface area contributed by atoms with E-state index < -0.39 is 21.8 Å². The first-order chi connectivity index (χ1) is 15.1. The van der Waals surface area contributed by atoms with Crippen molar-refractivity contribution >= 4 is 15.9 Å². The fraction of sp³-hybridized carbons (Fsp3) is 0.550. The lowest BCUT2D eigenvalue weighted by Crippen LogP contribution is -2.41. The third-order valence-corrected chi connectivity index (χ3v) is 7.74. The first kappa shape index (κ1) is 22.7. The van der Waals surface area contributed by atoms with E-state index in [1.54, 1.807) is 11.1 Å². The van der Waals surface area contributed by atoms with Crippen LogP contribution in [0.1, 0.15) is 41.7 Å². The van der Waals surface area contributed by atoms with E-state index in [0.29, 0.717) is 32.1 Å². The summed E-state index contributed by atoms with van der Waals surface area (Å²) < 4.78 is 67.7. The van der Waals surface area contributed by atoms with Gasteiger partial charge in [0.1, 0.15) is 0 Å². The van der Waals surface area contributed by atoms with E-state index in [2.05, 4.69) is 10.3 Å². The van der Waals surface area contributed by atoms with Gasteiger partial charge < -0.3 is 4.90 Å². The van der Waals surface area contributed by atoms with Crippen molar-refractivity contribution in [3.63, 3.8) is 0 Å². The molecule has 174 valence electrons. The molecule has 2 fully saturated rings. The van der Waals surface area contributed by atoms with Crippen LogP contribution >= 0.6 is 0 Å². The number of likely N-dealkylation sites (tertiary alicyclic amines) is 1. The van der Waals surface area contributed by atoms with Crippen LogP contribution in [0.25, 0.3) is 0 Å². The maximum absolute atomic E-state index is 13.0. The van der Waals surface area contributed by atoms with Gasteiger partial charge >= 0.3 is 6.18 Å². The molecular formula is C20H24F3N5O3S.